The molecule has 0 saturated carbocycles. The topological polar surface area (TPSA) is 95.5 Å². The van der Waals surface area contributed by atoms with Gasteiger partial charge in [-0.25, -0.2) is 13.1 Å². The molecule has 0 fully saturated rings. The van der Waals surface area contributed by atoms with Crippen molar-refractivity contribution in [2.45, 2.75) is 17.7 Å². The van der Waals surface area contributed by atoms with Gasteiger partial charge in [0.2, 0.25) is 15.9 Å². The molecule has 0 aliphatic rings. The molecule has 0 heterocycles. The second kappa shape index (κ2) is 8.42. The molecule has 21 heavy (non-hydrogen) atoms. The molecule has 0 bridgehead atoms. The minimum Gasteiger partial charge on any atom is -0.395 e. The molecular formula is C14H18N2O4S. The fraction of sp³-hybridized carbons (Fsp3) is 0.357. The number of hydrogen-bond donors (Lipinski definition) is 3. The molecular weight excluding hydrogens is 292 g/mol. The van der Waals surface area contributed by atoms with Gasteiger partial charge in [0.1, 0.15) is 0 Å². The van der Waals surface area contributed by atoms with Crippen LogP contribution in [0.4, 0.5) is 0 Å². The van der Waals surface area contributed by atoms with E-state index in [0.717, 1.165) is 0 Å². The number of aliphatic hydroxyl groups excluding tert-OH is 1. The predicted molar refractivity (Wildman–Crippen MR) is 78.9 cm³/mol. The van der Waals surface area contributed by atoms with E-state index >= 15 is 0 Å². The van der Waals surface area contributed by atoms with Gasteiger partial charge in [-0.2, -0.15) is 0 Å². The van der Waals surface area contributed by atoms with Gasteiger partial charge in [0.25, 0.3) is 0 Å². The SMILES string of the molecule is CNC(=O)CCNS(=O)(=O)c1ccc(C#CCCO)cc1. The molecule has 0 atom stereocenters. The summed E-state index contributed by atoms with van der Waals surface area (Å²) in [6, 6.07) is 6.09. The number of aliphatic hydroxyl groups is 1. The Morgan fingerprint density at radius 3 is 2.52 bits per heavy atom. The molecule has 1 rings (SSSR count). The summed E-state index contributed by atoms with van der Waals surface area (Å²) < 4.78 is 26.3. The molecule has 0 aliphatic carbocycles. The van der Waals surface area contributed by atoms with E-state index in [1.807, 2.05) is 0 Å². The van der Waals surface area contributed by atoms with Crippen LogP contribution < -0.4 is 10.0 Å². The molecule has 0 unspecified atom stereocenters. The molecule has 3 N–H and O–H groups in total. The van der Waals surface area contributed by atoms with Gasteiger partial charge in [-0.15, -0.1) is 0 Å². The zero-order chi connectivity index (χ0) is 15.7. The number of nitrogens with one attached hydrogen (secondary N) is 2. The van der Waals surface area contributed by atoms with Crippen LogP contribution in [0.15, 0.2) is 29.2 Å². The van der Waals surface area contributed by atoms with Crippen molar-refractivity contribution in [2.75, 3.05) is 20.2 Å². The first-order valence-electron chi connectivity index (χ1n) is 6.39. The average molecular weight is 310 g/mol. The molecule has 0 radical (unpaired) electrons. The smallest absolute Gasteiger partial charge is 0.240 e. The zero-order valence-electron chi connectivity index (χ0n) is 11.7. The number of amides is 1. The highest BCUT2D eigenvalue weighted by atomic mass is 32.2. The summed E-state index contributed by atoms with van der Waals surface area (Å²) in [5.74, 6) is 5.34. The van der Waals surface area contributed by atoms with Crippen LogP contribution in [0, 0.1) is 11.8 Å². The van der Waals surface area contributed by atoms with Gasteiger partial charge < -0.3 is 10.4 Å². The fourth-order valence-electron chi connectivity index (χ4n) is 1.45. The highest BCUT2D eigenvalue weighted by Gasteiger charge is 2.13. The third-order valence-electron chi connectivity index (χ3n) is 2.56. The van der Waals surface area contributed by atoms with Crippen LogP contribution in [-0.4, -0.2) is 39.6 Å². The van der Waals surface area contributed by atoms with E-state index in [0.29, 0.717) is 12.0 Å². The van der Waals surface area contributed by atoms with E-state index in [1.165, 1.54) is 19.2 Å². The molecule has 0 aliphatic heterocycles. The zero-order valence-corrected chi connectivity index (χ0v) is 12.5. The van der Waals surface area contributed by atoms with Crippen LogP contribution in [0.3, 0.4) is 0 Å². The van der Waals surface area contributed by atoms with Crippen LogP contribution in [0.1, 0.15) is 18.4 Å². The molecule has 114 valence electrons. The number of sulfonamides is 1. The molecule has 0 aromatic heterocycles. The van der Waals surface area contributed by atoms with Crippen LogP contribution in [-0.2, 0) is 14.8 Å². The van der Waals surface area contributed by atoms with Crippen molar-refractivity contribution in [3.8, 4) is 11.8 Å². The normalized spacial score (nSPS) is 10.6. The summed E-state index contributed by atoms with van der Waals surface area (Å²) in [6.07, 6.45) is 0.460. The highest BCUT2D eigenvalue weighted by molar-refractivity contribution is 7.89. The van der Waals surface area contributed by atoms with Gasteiger partial charge in [0.15, 0.2) is 0 Å². The van der Waals surface area contributed by atoms with Crippen molar-refractivity contribution in [2.24, 2.45) is 0 Å². The van der Waals surface area contributed by atoms with Crippen molar-refractivity contribution >= 4 is 15.9 Å². The molecule has 0 saturated heterocycles. The first-order valence-corrected chi connectivity index (χ1v) is 7.88. The number of carbonyl (C=O) groups excluding carboxylic acids is 1. The lowest BCUT2D eigenvalue weighted by Gasteiger charge is -2.06. The van der Waals surface area contributed by atoms with E-state index in [4.69, 9.17) is 5.11 Å². The van der Waals surface area contributed by atoms with Gasteiger partial charge in [0, 0.05) is 32.0 Å². The van der Waals surface area contributed by atoms with Gasteiger partial charge in [-0.3, -0.25) is 4.79 Å². The molecule has 0 spiro atoms. The minimum absolute atomic E-state index is 0.00524. The van der Waals surface area contributed by atoms with Crippen LogP contribution in [0.2, 0.25) is 0 Å². The maximum absolute atomic E-state index is 12.0. The van der Waals surface area contributed by atoms with E-state index in [-0.39, 0.29) is 30.4 Å². The second-order valence-corrected chi connectivity index (χ2v) is 5.89. The Hall–Kier alpha value is -1.88. The maximum Gasteiger partial charge on any atom is 0.240 e. The van der Waals surface area contributed by atoms with E-state index < -0.39 is 10.0 Å². The van der Waals surface area contributed by atoms with Crippen LogP contribution in [0.5, 0.6) is 0 Å². The summed E-state index contributed by atoms with van der Waals surface area (Å²) in [6.45, 7) is 0.0365. The van der Waals surface area contributed by atoms with Crippen molar-refractivity contribution in [3.63, 3.8) is 0 Å². The third kappa shape index (κ3) is 5.95. The number of carbonyl (C=O) groups is 1. The summed E-state index contributed by atoms with van der Waals surface area (Å²) in [4.78, 5) is 11.1. The lowest BCUT2D eigenvalue weighted by atomic mass is 10.2. The first-order chi connectivity index (χ1) is 9.99. The van der Waals surface area contributed by atoms with E-state index in [9.17, 15) is 13.2 Å². The summed E-state index contributed by atoms with van der Waals surface area (Å²) in [5.41, 5.74) is 0.674. The van der Waals surface area contributed by atoms with Crippen molar-refractivity contribution < 1.29 is 18.3 Å². The Morgan fingerprint density at radius 2 is 1.95 bits per heavy atom. The lowest BCUT2D eigenvalue weighted by Crippen LogP contribution is -2.29. The predicted octanol–water partition coefficient (Wildman–Crippen LogP) is -0.165. The Morgan fingerprint density at radius 1 is 1.29 bits per heavy atom. The van der Waals surface area contributed by atoms with E-state index in [2.05, 4.69) is 21.9 Å². The van der Waals surface area contributed by atoms with Gasteiger partial charge >= 0.3 is 0 Å². The van der Waals surface area contributed by atoms with Gasteiger partial charge in [0.05, 0.1) is 11.5 Å². The highest BCUT2D eigenvalue weighted by Crippen LogP contribution is 2.09. The van der Waals surface area contributed by atoms with Gasteiger partial charge in [-0.1, -0.05) is 11.8 Å². The second-order valence-electron chi connectivity index (χ2n) is 4.12. The first kappa shape index (κ1) is 17.2. The monoisotopic (exact) mass is 310 g/mol. The molecule has 6 nitrogen and oxygen atoms in total. The van der Waals surface area contributed by atoms with Crippen LogP contribution in [0.25, 0.3) is 0 Å². The standard InChI is InChI=1S/C14H18N2O4S/c1-15-14(18)9-10-16-21(19,20)13-7-5-12(6-8-13)4-2-3-11-17/h5-8,16-17H,3,9-11H2,1H3,(H,15,18). The van der Waals surface area contributed by atoms with Crippen molar-refractivity contribution in [1.82, 2.24) is 10.0 Å². The molecule has 7 heteroatoms. The van der Waals surface area contributed by atoms with Crippen molar-refractivity contribution in [3.05, 3.63) is 29.8 Å². The Labute approximate surface area is 124 Å². The number of rotatable bonds is 6. The fourth-order valence-corrected chi connectivity index (χ4v) is 2.48. The summed E-state index contributed by atoms with van der Waals surface area (Å²) in [5, 5.41) is 11.0. The lowest BCUT2D eigenvalue weighted by molar-refractivity contribution is -0.120. The van der Waals surface area contributed by atoms with Crippen molar-refractivity contribution in [1.29, 1.82) is 0 Å². The summed E-state index contributed by atoms with van der Waals surface area (Å²) >= 11 is 0. The average Bonchev–Trinajstić information content (AvgIpc) is 2.47. The third-order valence-corrected chi connectivity index (χ3v) is 4.03. The Bertz CT molecular complexity index is 627. The molecule has 1 aromatic carbocycles. The number of benzene rings is 1. The Kier molecular flexibility index (Phi) is 6.88. The minimum atomic E-state index is -3.62. The largest absolute Gasteiger partial charge is 0.395 e. The quantitative estimate of drug-likeness (QED) is 0.636. The van der Waals surface area contributed by atoms with E-state index in [1.54, 1.807) is 12.1 Å². The molecule has 1 amide bonds. The maximum atomic E-state index is 12.0. The molecule has 1 aromatic rings. The van der Waals surface area contributed by atoms with Gasteiger partial charge in [-0.05, 0) is 24.3 Å². The number of hydrogen-bond acceptors (Lipinski definition) is 4. The Balaban J connectivity index is 2.67. The van der Waals surface area contributed by atoms with Crippen LogP contribution >= 0.6 is 0 Å². The summed E-state index contributed by atoms with van der Waals surface area (Å²) in [7, 11) is -2.13.